The van der Waals surface area contributed by atoms with Crippen molar-refractivity contribution in [1.29, 1.82) is 0 Å². The maximum atomic E-state index is 13.7. The minimum atomic E-state index is -1.20. The minimum Gasteiger partial charge on any atom is -0.480 e. The molecular formula is C29H43N7O6. The van der Waals surface area contributed by atoms with Crippen LogP contribution in [0.15, 0.2) is 30.5 Å². The molecule has 4 atom stereocenters. The van der Waals surface area contributed by atoms with Crippen LogP contribution in [-0.2, 0) is 30.4 Å². The topological polar surface area (TPSA) is 213 Å². The van der Waals surface area contributed by atoms with E-state index < -0.39 is 60.3 Å². The van der Waals surface area contributed by atoms with Crippen LogP contribution in [0.25, 0.3) is 10.9 Å². The monoisotopic (exact) mass is 585 g/mol. The van der Waals surface area contributed by atoms with E-state index in [0.717, 1.165) is 16.5 Å². The van der Waals surface area contributed by atoms with Gasteiger partial charge in [-0.05, 0) is 62.6 Å². The molecule has 0 spiro atoms. The maximum absolute atomic E-state index is 13.7. The zero-order valence-corrected chi connectivity index (χ0v) is 24.2. The Morgan fingerprint density at radius 1 is 1.10 bits per heavy atom. The number of likely N-dealkylation sites (tertiary alicyclic amines) is 1. The number of carbonyl (C=O) groups is 5. The van der Waals surface area contributed by atoms with Crippen molar-refractivity contribution in [2.45, 2.75) is 76.5 Å². The van der Waals surface area contributed by atoms with Crippen molar-refractivity contribution in [3.63, 3.8) is 0 Å². The van der Waals surface area contributed by atoms with Crippen LogP contribution in [0, 0.1) is 5.92 Å². The molecule has 13 heteroatoms. The number of hydrogen-bond donors (Lipinski definition) is 7. The molecule has 3 rings (SSSR count). The number of carboxylic acids is 1. The quantitative estimate of drug-likeness (QED) is 0.141. The van der Waals surface area contributed by atoms with Crippen molar-refractivity contribution in [3.8, 4) is 0 Å². The Morgan fingerprint density at radius 2 is 1.83 bits per heavy atom. The summed E-state index contributed by atoms with van der Waals surface area (Å²) in [5, 5.41) is 17.6. The number of nitrogens with two attached hydrogens (primary N) is 2. The zero-order valence-electron chi connectivity index (χ0n) is 24.2. The third-order valence-electron chi connectivity index (χ3n) is 7.51. The van der Waals surface area contributed by atoms with Gasteiger partial charge in [0.05, 0.1) is 6.04 Å². The fourth-order valence-electron chi connectivity index (χ4n) is 5.22. The van der Waals surface area contributed by atoms with Gasteiger partial charge in [0.1, 0.15) is 24.7 Å². The summed E-state index contributed by atoms with van der Waals surface area (Å²) in [6.07, 6.45) is 4.64. The molecule has 1 saturated heterocycles. The second-order valence-electron chi connectivity index (χ2n) is 11.0. The SMILES string of the molecule is CC(C)C(NC(=O)C1CCCN1C(=O)C(CCCCN)NC(=O)C(N)Cc1c[nH]c2ccccc12)C(=O)NCC(=O)O. The number of benzene rings is 1. The molecular weight excluding hydrogens is 542 g/mol. The van der Waals surface area contributed by atoms with Crippen LogP contribution in [0.1, 0.15) is 51.5 Å². The summed E-state index contributed by atoms with van der Waals surface area (Å²) in [6.45, 7) is 3.64. The van der Waals surface area contributed by atoms with E-state index >= 15 is 0 Å². The van der Waals surface area contributed by atoms with E-state index in [1.54, 1.807) is 13.8 Å². The van der Waals surface area contributed by atoms with E-state index in [4.69, 9.17) is 16.6 Å². The normalized spacial score (nSPS) is 17.1. The Kier molecular flexibility index (Phi) is 11.9. The molecule has 1 aliphatic heterocycles. The Morgan fingerprint density at radius 3 is 2.52 bits per heavy atom. The summed E-state index contributed by atoms with van der Waals surface area (Å²) in [5.41, 5.74) is 13.8. The Labute approximate surface area is 245 Å². The molecule has 0 saturated carbocycles. The van der Waals surface area contributed by atoms with E-state index in [-0.39, 0.29) is 12.3 Å². The van der Waals surface area contributed by atoms with Gasteiger partial charge in [0.2, 0.25) is 23.6 Å². The van der Waals surface area contributed by atoms with Gasteiger partial charge in [0.25, 0.3) is 0 Å². The fourth-order valence-corrected chi connectivity index (χ4v) is 5.22. The minimum absolute atomic E-state index is 0.273. The molecule has 230 valence electrons. The highest BCUT2D eigenvalue weighted by molar-refractivity contribution is 5.96. The third kappa shape index (κ3) is 8.52. The number of amides is 4. The van der Waals surface area contributed by atoms with Gasteiger partial charge in [-0.2, -0.15) is 0 Å². The molecule has 42 heavy (non-hydrogen) atoms. The van der Waals surface area contributed by atoms with Crippen LogP contribution in [0.2, 0.25) is 0 Å². The lowest BCUT2D eigenvalue weighted by atomic mass is 10.0. The standard InChI is InChI=1S/C29H43N7O6/c1-17(2)25(28(41)33-16-24(37)38)35-27(40)23-11-7-13-36(23)29(42)22(10-5-6-12-30)34-26(39)20(31)14-18-15-32-21-9-4-3-8-19(18)21/h3-4,8-9,15,17,20,22-23,25,32H,5-7,10-14,16,30-31H2,1-2H3,(H,33,41)(H,34,39)(H,35,40)(H,37,38). The summed E-state index contributed by atoms with van der Waals surface area (Å²) < 4.78 is 0. The van der Waals surface area contributed by atoms with Crippen molar-refractivity contribution >= 4 is 40.5 Å². The Balaban J connectivity index is 1.69. The largest absolute Gasteiger partial charge is 0.480 e. The van der Waals surface area contributed by atoms with Crippen LogP contribution >= 0.6 is 0 Å². The lowest BCUT2D eigenvalue weighted by Gasteiger charge is -2.31. The van der Waals surface area contributed by atoms with Crippen molar-refractivity contribution in [1.82, 2.24) is 25.8 Å². The van der Waals surface area contributed by atoms with Crippen molar-refractivity contribution in [2.75, 3.05) is 19.6 Å². The molecule has 1 aromatic carbocycles. The number of carbonyl (C=O) groups excluding carboxylic acids is 4. The van der Waals surface area contributed by atoms with Crippen LogP contribution in [0.4, 0.5) is 0 Å². The van der Waals surface area contributed by atoms with Gasteiger partial charge in [-0.25, -0.2) is 0 Å². The lowest BCUT2D eigenvalue weighted by molar-refractivity contribution is -0.143. The molecule has 0 bridgehead atoms. The Bertz CT molecular complexity index is 1260. The number of rotatable bonds is 15. The number of unbranched alkanes of at least 4 members (excludes halogenated alkanes) is 1. The van der Waals surface area contributed by atoms with Crippen LogP contribution in [0.5, 0.6) is 0 Å². The van der Waals surface area contributed by atoms with Gasteiger partial charge in [-0.15, -0.1) is 0 Å². The molecule has 2 aromatic rings. The first-order valence-corrected chi connectivity index (χ1v) is 14.4. The lowest BCUT2D eigenvalue weighted by Crippen LogP contribution is -2.58. The van der Waals surface area contributed by atoms with Crippen LogP contribution in [0.3, 0.4) is 0 Å². The van der Waals surface area contributed by atoms with Gasteiger partial charge in [-0.1, -0.05) is 32.0 Å². The maximum Gasteiger partial charge on any atom is 0.322 e. The molecule has 1 aromatic heterocycles. The number of aliphatic carboxylic acids is 1. The molecule has 0 radical (unpaired) electrons. The van der Waals surface area contributed by atoms with Crippen molar-refractivity contribution in [3.05, 3.63) is 36.0 Å². The molecule has 1 aliphatic rings. The van der Waals surface area contributed by atoms with Crippen LogP contribution in [-0.4, -0.2) is 88.4 Å². The number of aromatic amines is 1. The summed E-state index contributed by atoms with van der Waals surface area (Å²) in [4.78, 5) is 68.2. The second kappa shape index (κ2) is 15.3. The molecule has 13 nitrogen and oxygen atoms in total. The highest BCUT2D eigenvalue weighted by Gasteiger charge is 2.39. The summed E-state index contributed by atoms with van der Waals surface area (Å²) in [5.74, 6) is -3.51. The zero-order chi connectivity index (χ0) is 30.8. The highest BCUT2D eigenvalue weighted by Crippen LogP contribution is 2.22. The average molecular weight is 586 g/mol. The van der Waals surface area contributed by atoms with Gasteiger partial charge in [0.15, 0.2) is 0 Å². The Hall–Kier alpha value is -3.97. The highest BCUT2D eigenvalue weighted by atomic mass is 16.4. The number of carboxylic acid groups (broad SMARTS) is 1. The van der Waals surface area contributed by atoms with E-state index in [9.17, 15) is 24.0 Å². The summed E-state index contributed by atoms with van der Waals surface area (Å²) in [6, 6.07) is 4.10. The van der Waals surface area contributed by atoms with Crippen molar-refractivity contribution < 1.29 is 29.1 Å². The van der Waals surface area contributed by atoms with Gasteiger partial charge in [0, 0.05) is 23.6 Å². The first kappa shape index (κ1) is 32.5. The number of hydrogen-bond acceptors (Lipinski definition) is 7. The molecule has 9 N–H and O–H groups in total. The predicted molar refractivity (Wildman–Crippen MR) is 157 cm³/mol. The number of aromatic nitrogens is 1. The van der Waals surface area contributed by atoms with Crippen molar-refractivity contribution in [2.24, 2.45) is 17.4 Å². The first-order chi connectivity index (χ1) is 20.0. The predicted octanol–water partition coefficient (Wildman–Crippen LogP) is -0.0159. The van der Waals surface area contributed by atoms with Crippen LogP contribution < -0.4 is 27.4 Å². The molecule has 4 amide bonds. The molecule has 4 unspecified atom stereocenters. The number of nitrogens with zero attached hydrogens (tertiary/aromatic N) is 1. The van der Waals surface area contributed by atoms with Gasteiger partial charge >= 0.3 is 5.97 Å². The molecule has 1 fully saturated rings. The number of fused-ring (bicyclic) bond motifs is 1. The van der Waals surface area contributed by atoms with E-state index in [0.29, 0.717) is 45.2 Å². The molecule has 0 aliphatic carbocycles. The summed E-state index contributed by atoms with van der Waals surface area (Å²) >= 11 is 0. The smallest absolute Gasteiger partial charge is 0.322 e. The average Bonchev–Trinajstić information content (AvgIpc) is 3.61. The summed E-state index contributed by atoms with van der Waals surface area (Å²) in [7, 11) is 0. The number of para-hydroxylation sites is 1. The van der Waals surface area contributed by atoms with Gasteiger partial charge < -0.3 is 42.4 Å². The first-order valence-electron chi connectivity index (χ1n) is 14.4. The number of nitrogens with one attached hydrogen (secondary N) is 4. The second-order valence-corrected chi connectivity index (χ2v) is 11.0. The van der Waals surface area contributed by atoms with E-state index in [2.05, 4.69) is 20.9 Å². The third-order valence-corrected chi connectivity index (χ3v) is 7.51. The van der Waals surface area contributed by atoms with Gasteiger partial charge in [-0.3, -0.25) is 24.0 Å². The number of H-pyrrole nitrogens is 1. The van der Waals surface area contributed by atoms with E-state index in [1.807, 2.05) is 30.5 Å². The van der Waals surface area contributed by atoms with E-state index in [1.165, 1.54) is 4.90 Å². The molecule has 2 heterocycles. The fraction of sp³-hybridized carbons (Fsp3) is 0.552.